The van der Waals surface area contributed by atoms with Gasteiger partial charge in [-0.05, 0) is 11.8 Å². The largest absolute Gasteiger partial charge is 0.490 e. The van der Waals surface area contributed by atoms with Gasteiger partial charge in [0.05, 0.1) is 24.7 Å². The minimum absolute atomic E-state index is 0.0164. The van der Waals surface area contributed by atoms with Crippen molar-refractivity contribution in [1.29, 1.82) is 5.41 Å². The molecule has 188 valence electrons. The standard InChI is InChI=1S/C14H26N5O11P3/c1-14(2)5-9(28-11(14)10(6-15)12-17-8-18-13(16)19-12)7-27-33(24,26-4)30-32(22,23)29-31(20,21)25-3/h6,8-11,15H,5,7H2,1-4H3,(H,20,21)(H,22,23)(H2,16,17,18,19). The van der Waals surface area contributed by atoms with E-state index in [2.05, 4.69) is 32.6 Å². The number of ether oxygens (including phenoxy) is 1. The number of hydrogen-bond donors (Lipinski definition) is 4. The lowest BCUT2D eigenvalue weighted by Gasteiger charge is -2.29. The van der Waals surface area contributed by atoms with Gasteiger partial charge in [-0.15, -0.1) is 0 Å². The number of phosphoric ester groups is 2. The van der Waals surface area contributed by atoms with Crippen molar-refractivity contribution in [2.75, 3.05) is 26.6 Å². The van der Waals surface area contributed by atoms with Crippen molar-refractivity contribution in [3.05, 3.63) is 12.2 Å². The third kappa shape index (κ3) is 7.67. The van der Waals surface area contributed by atoms with E-state index in [1.54, 1.807) is 0 Å². The summed E-state index contributed by atoms with van der Waals surface area (Å²) < 4.78 is 63.8. The molecule has 1 saturated heterocycles. The molecule has 0 bridgehead atoms. The molecular formula is C14H26N5O11P3. The van der Waals surface area contributed by atoms with Crippen LogP contribution in [0.15, 0.2) is 6.33 Å². The van der Waals surface area contributed by atoms with Crippen LogP contribution in [0.1, 0.15) is 32.0 Å². The fourth-order valence-electron chi connectivity index (χ4n) is 3.18. The number of phosphoric acid groups is 3. The highest BCUT2D eigenvalue weighted by Gasteiger charge is 2.48. The Hall–Kier alpha value is -1.15. The Balaban J connectivity index is 2.10. The van der Waals surface area contributed by atoms with Crippen LogP contribution in [-0.4, -0.2) is 64.0 Å². The van der Waals surface area contributed by atoms with Crippen molar-refractivity contribution >= 4 is 35.6 Å². The molecule has 1 aromatic heterocycles. The molecule has 1 fully saturated rings. The Kier molecular flexibility index (Phi) is 9.05. The molecule has 1 aliphatic rings. The predicted octanol–water partition coefficient (Wildman–Crippen LogP) is 2.02. The van der Waals surface area contributed by atoms with Crippen LogP contribution in [0, 0.1) is 10.8 Å². The molecule has 2 rings (SSSR count). The Morgan fingerprint density at radius 1 is 1.24 bits per heavy atom. The fraction of sp³-hybridized carbons (Fsp3) is 0.714. The Morgan fingerprint density at radius 3 is 2.45 bits per heavy atom. The van der Waals surface area contributed by atoms with E-state index in [0.717, 1.165) is 20.4 Å². The molecule has 0 aliphatic carbocycles. The lowest BCUT2D eigenvalue weighted by molar-refractivity contribution is -0.00991. The second kappa shape index (κ2) is 10.6. The maximum absolute atomic E-state index is 12.6. The molecule has 0 aromatic carbocycles. The number of aromatic nitrogens is 3. The van der Waals surface area contributed by atoms with Crippen LogP contribution in [-0.2, 0) is 40.6 Å². The number of anilines is 1. The van der Waals surface area contributed by atoms with E-state index in [1.165, 1.54) is 6.33 Å². The third-order valence-corrected chi connectivity index (χ3v) is 9.21. The van der Waals surface area contributed by atoms with Gasteiger partial charge in [0, 0.05) is 20.4 Å². The van der Waals surface area contributed by atoms with Crippen LogP contribution in [0.2, 0.25) is 0 Å². The fourth-order valence-corrected chi connectivity index (χ4v) is 6.80. The van der Waals surface area contributed by atoms with Crippen LogP contribution in [0.25, 0.3) is 0 Å². The van der Waals surface area contributed by atoms with E-state index in [9.17, 15) is 23.5 Å². The number of nitrogens with one attached hydrogen (secondary N) is 1. The zero-order valence-electron chi connectivity index (χ0n) is 18.1. The molecule has 19 heteroatoms. The highest BCUT2D eigenvalue weighted by molar-refractivity contribution is 7.67. The normalized spacial score (nSPS) is 26.6. The van der Waals surface area contributed by atoms with Crippen molar-refractivity contribution in [3.63, 3.8) is 0 Å². The van der Waals surface area contributed by atoms with Crippen LogP contribution in [0.5, 0.6) is 0 Å². The number of rotatable bonds is 12. The Bertz CT molecular complexity index is 995. The second-order valence-corrected chi connectivity index (χ2v) is 12.5. The van der Waals surface area contributed by atoms with Crippen molar-refractivity contribution in [3.8, 4) is 0 Å². The number of nitrogens with zero attached hydrogens (tertiary/aromatic N) is 3. The minimum Gasteiger partial charge on any atom is -0.371 e. The molecule has 1 aliphatic heterocycles. The lowest BCUT2D eigenvalue weighted by Crippen LogP contribution is -2.33. The van der Waals surface area contributed by atoms with Gasteiger partial charge in [0.15, 0.2) is 0 Å². The first kappa shape index (κ1) is 28.1. The number of nitrogens with two attached hydrogens (primary N) is 1. The predicted molar refractivity (Wildman–Crippen MR) is 112 cm³/mol. The summed E-state index contributed by atoms with van der Waals surface area (Å²) in [5.74, 6) is -0.468. The summed E-state index contributed by atoms with van der Waals surface area (Å²) in [4.78, 5) is 30.6. The zero-order valence-corrected chi connectivity index (χ0v) is 20.8. The van der Waals surface area contributed by atoms with E-state index < -0.39 is 53.6 Å². The summed E-state index contributed by atoms with van der Waals surface area (Å²) in [6.45, 7) is 3.31. The Morgan fingerprint density at radius 2 is 1.91 bits per heavy atom. The number of nitrogen functional groups attached to an aromatic ring is 1. The molecule has 16 nitrogen and oxygen atoms in total. The topological polar surface area (TPSA) is 236 Å². The van der Waals surface area contributed by atoms with E-state index in [-0.39, 0.29) is 11.8 Å². The van der Waals surface area contributed by atoms with Gasteiger partial charge in [0.2, 0.25) is 5.95 Å². The van der Waals surface area contributed by atoms with Crippen molar-refractivity contribution in [2.24, 2.45) is 5.41 Å². The first-order valence-electron chi connectivity index (χ1n) is 9.20. The smallest absolute Gasteiger partial charge is 0.371 e. The number of hydrogen-bond acceptors (Lipinski definition) is 14. The van der Waals surface area contributed by atoms with E-state index in [0.29, 0.717) is 6.42 Å². The summed E-state index contributed by atoms with van der Waals surface area (Å²) in [6, 6.07) is 0. The summed E-state index contributed by atoms with van der Waals surface area (Å²) in [7, 11) is -13.4. The van der Waals surface area contributed by atoms with E-state index in [4.69, 9.17) is 20.4 Å². The van der Waals surface area contributed by atoms with Crippen LogP contribution < -0.4 is 5.73 Å². The van der Waals surface area contributed by atoms with E-state index >= 15 is 0 Å². The SMILES string of the molecule is COP(=O)(O)OP(=O)(O)OP(=O)(OC)OCC1CC(C)(C)C(C(C=N)c2ncnc(N)n2)O1. The molecule has 2 heterocycles. The monoisotopic (exact) mass is 533 g/mol. The summed E-state index contributed by atoms with van der Waals surface area (Å²) >= 11 is 0. The van der Waals surface area contributed by atoms with Gasteiger partial charge in [-0.1, -0.05) is 13.8 Å². The molecule has 0 saturated carbocycles. The Labute approximate surface area is 189 Å². The molecule has 1 aromatic rings. The molecule has 6 atom stereocenters. The first-order valence-corrected chi connectivity index (χ1v) is 13.7. The lowest BCUT2D eigenvalue weighted by atomic mass is 9.78. The van der Waals surface area contributed by atoms with E-state index in [1.807, 2.05) is 13.8 Å². The van der Waals surface area contributed by atoms with Gasteiger partial charge >= 0.3 is 23.5 Å². The third-order valence-electron chi connectivity index (χ3n) is 4.56. The van der Waals surface area contributed by atoms with Gasteiger partial charge in [-0.3, -0.25) is 13.6 Å². The van der Waals surface area contributed by atoms with Gasteiger partial charge in [0.25, 0.3) is 0 Å². The van der Waals surface area contributed by atoms with Gasteiger partial charge < -0.3 is 25.7 Å². The van der Waals surface area contributed by atoms with Gasteiger partial charge in [0.1, 0.15) is 12.2 Å². The highest BCUT2D eigenvalue weighted by atomic mass is 31.3. The first-order chi connectivity index (χ1) is 15.2. The van der Waals surface area contributed by atoms with Crippen molar-refractivity contribution in [1.82, 2.24) is 15.0 Å². The molecule has 0 radical (unpaired) electrons. The van der Waals surface area contributed by atoms with Crippen LogP contribution >= 0.6 is 23.5 Å². The van der Waals surface area contributed by atoms with Crippen LogP contribution in [0.3, 0.4) is 0 Å². The summed E-state index contributed by atoms with van der Waals surface area (Å²) in [5, 5.41) is 7.80. The zero-order chi connectivity index (χ0) is 25.1. The average molecular weight is 533 g/mol. The minimum atomic E-state index is -5.39. The quantitative estimate of drug-likeness (QED) is 0.222. The molecule has 5 N–H and O–H groups in total. The molecular weight excluding hydrogens is 507 g/mol. The maximum atomic E-state index is 12.6. The van der Waals surface area contributed by atoms with Crippen molar-refractivity contribution in [2.45, 2.75) is 38.4 Å². The van der Waals surface area contributed by atoms with Crippen LogP contribution in [0.4, 0.5) is 5.95 Å². The highest BCUT2D eigenvalue weighted by Crippen LogP contribution is 2.69. The molecule has 6 unspecified atom stereocenters. The average Bonchev–Trinajstić information content (AvgIpc) is 3.00. The molecule has 0 amide bonds. The van der Waals surface area contributed by atoms with Crippen molar-refractivity contribution < 1.29 is 50.4 Å². The maximum Gasteiger partial charge on any atom is 0.490 e. The molecule has 33 heavy (non-hydrogen) atoms. The second-order valence-electron chi connectivity index (χ2n) is 7.47. The summed E-state index contributed by atoms with van der Waals surface area (Å²) in [5.41, 5.74) is 5.07. The molecule has 0 spiro atoms. The van der Waals surface area contributed by atoms with Gasteiger partial charge in [-0.2, -0.15) is 13.6 Å². The van der Waals surface area contributed by atoms with Gasteiger partial charge in [-0.25, -0.2) is 23.7 Å². The summed E-state index contributed by atoms with van der Waals surface area (Å²) in [6.07, 6.45) is 1.36.